The summed E-state index contributed by atoms with van der Waals surface area (Å²) in [5.41, 5.74) is 5.68. The first-order valence-corrected chi connectivity index (χ1v) is 7.46. The Morgan fingerprint density at radius 3 is 2.84 bits per heavy atom. The number of hydrogen-bond donors (Lipinski definition) is 2. The van der Waals surface area contributed by atoms with Gasteiger partial charge in [-0.15, -0.1) is 0 Å². The van der Waals surface area contributed by atoms with E-state index in [4.69, 9.17) is 15.7 Å². The van der Waals surface area contributed by atoms with Crippen molar-refractivity contribution in [2.24, 2.45) is 10.9 Å². The molecular weight excluding hydrogens is 242 g/mol. The van der Waals surface area contributed by atoms with Gasteiger partial charge in [0.2, 0.25) is 0 Å². The van der Waals surface area contributed by atoms with E-state index in [0.717, 1.165) is 26.0 Å². The van der Waals surface area contributed by atoms with E-state index >= 15 is 0 Å². The van der Waals surface area contributed by atoms with Crippen LogP contribution in [0.15, 0.2) is 5.16 Å². The van der Waals surface area contributed by atoms with E-state index in [2.05, 4.69) is 17.1 Å². The predicted octanol–water partition coefficient (Wildman–Crippen LogP) is 1.94. The van der Waals surface area contributed by atoms with Crippen LogP contribution >= 0.6 is 0 Å². The number of rotatable bonds is 4. The quantitative estimate of drug-likeness (QED) is 0.354. The van der Waals surface area contributed by atoms with Gasteiger partial charge < -0.3 is 20.6 Å². The molecule has 1 spiro atoms. The van der Waals surface area contributed by atoms with Gasteiger partial charge in [0, 0.05) is 25.6 Å². The molecule has 19 heavy (non-hydrogen) atoms. The van der Waals surface area contributed by atoms with Crippen LogP contribution in [0.2, 0.25) is 0 Å². The van der Waals surface area contributed by atoms with Crippen LogP contribution in [0.5, 0.6) is 0 Å². The summed E-state index contributed by atoms with van der Waals surface area (Å²) >= 11 is 0. The lowest BCUT2D eigenvalue weighted by Gasteiger charge is -2.46. The molecule has 1 saturated heterocycles. The molecule has 0 radical (unpaired) electrons. The zero-order valence-electron chi connectivity index (χ0n) is 12.0. The van der Waals surface area contributed by atoms with Crippen molar-refractivity contribution < 1.29 is 9.94 Å². The van der Waals surface area contributed by atoms with Crippen LogP contribution in [-0.4, -0.2) is 47.8 Å². The van der Waals surface area contributed by atoms with Crippen LogP contribution < -0.4 is 5.73 Å². The molecule has 1 aliphatic heterocycles. The highest BCUT2D eigenvalue weighted by molar-refractivity contribution is 5.79. The summed E-state index contributed by atoms with van der Waals surface area (Å²) < 4.78 is 6.12. The first-order valence-electron chi connectivity index (χ1n) is 7.46. The van der Waals surface area contributed by atoms with Crippen LogP contribution in [0.25, 0.3) is 0 Å². The molecule has 0 aromatic heterocycles. The molecule has 2 rings (SSSR count). The van der Waals surface area contributed by atoms with Crippen molar-refractivity contribution in [1.29, 1.82) is 0 Å². The molecule has 5 heteroatoms. The van der Waals surface area contributed by atoms with E-state index < -0.39 is 0 Å². The van der Waals surface area contributed by atoms with Gasteiger partial charge in [-0.2, -0.15) is 0 Å². The number of oxime groups is 1. The summed E-state index contributed by atoms with van der Waals surface area (Å²) in [6, 6.07) is 0.568. The van der Waals surface area contributed by atoms with Gasteiger partial charge in [0.25, 0.3) is 0 Å². The molecular formula is C14H27N3O2. The maximum Gasteiger partial charge on any atom is 0.140 e. The second kappa shape index (κ2) is 6.57. The molecule has 2 aliphatic rings. The van der Waals surface area contributed by atoms with Gasteiger partial charge in [-0.25, -0.2) is 0 Å². The van der Waals surface area contributed by atoms with E-state index in [-0.39, 0.29) is 5.60 Å². The minimum atomic E-state index is 0.145. The van der Waals surface area contributed by atoms with Crippen molar-refractivity contribution in [2.75, 3.05) is 20.2 Å². The highest BCUT2D eigenvalue weighted by Crippen LogP contribution is 2.39. The van der Waals surface area contributed by atoms with Crippen molar-refractivity contribution in [3.05, 3.63) is 0 Å². The van der Waals surface area contributed by atoms with Crippen molar-refractivity contribution in [3.63, 3.8) is 0 Å². The van der Waals surface area contributed by atoms with Crippen LogP contribution in [0.4, 0.5) is 0 Å². The molecule has 110 valence electrons. The fourth-order valence-electron chi connectivity index (χ4n) is 3.45. The molecule has 0 amide bonds. The number of ether oxygens (including phenoxy) is 1. The maximum atomic E-state index is 8.58. The Balaban J connectivity index is 1.85. The molecule has 0 aromatic carbocycles. The number of hydrogen-bond acceptors (Lipinski definition) is 4. The lowest BCUT2D eigenvalue weighted by atomic mass is 9.78. The largest absolute Gasteiger partial charge is 0.409 e. The van der Waals surface area contributed by atoms with Gasteiger partial charge in [0.15, 0.2) is 0 Å². The highest BCUT2D eigenvalue weighted by Gasteiger charge is 2.39. The average molecular weight is 269 g/mol. The fourth-order valence-corrected chi connectivity index (χ4v) is 3.45. The van der Waals surface area contributed by atoms with Gasteiger partial charge in [0.1, 0.15) is 5.84 Å². The molecule has 2 fully saturated rings. The second-order valence-corrected chi connectivity index (χ2v) is 6.06. The lowest BCUT2D eigenvalue weighted by molar-refractivity contribution is -0.121. The molecule has 1 atom stereocenters. The third-order valence-corrected chi connectivity index (χ3v) is 4.70. The van der Waals surface area contributed by atoms with Gasteiger partial charge >= 0.3 is 0 Å². The first-order chi connectivity index (χ1) is 9.15. The van der Waals surface area contributed by atoms with E-state index in [0.29, 0.717) is 18.3 Å². The minimum Gasteiger partial charge on any atom is -0.409 e. The standard InChI is InChI=1S/C14H27N3O2/c1-17(9-5-13(15)16-18)12-6-10-19-14(11-12)7-3-2-4-8-14/h12,18H,2-11H2,1H3,(H2,15,16). The summed E-state index contributed by atoms with van der Waals surface area (Å²) in [5, 5.41) is 11.6. The predicted molar refractivity (Wildman–Crippen MR) is 75.4 cm³/mol. The van der Waals surface area contributed by atoms with Gasteiger partial charge in [-0.05, 0) is 32.7 Å². The summed E-state index contributed by atoms with van der Waals surface area (Å²) in [7, 11) is 2.14. The second-order valence-electron chi connectivity index (χ2n) is 6.06. The first kappa shape index (κ1) is 14.6. The van der Waals surface area contributed by atoms with E-state index in [1.54, 1.807) is 0 Å². The lowest BCUT2D eigenvalue weighted by Crippen LogP contribution is -2.49. The minimum absolute atomic E-state index is 0.145. The maximum absolute atomic E-state index is 8.58. The van der Waals surface area contributed by atoms with Crippen LogP contribution in [0.1, 0.15) is 51.4 Å². The summed E-state index contributed by atoms with van der Waals surface area (Å²) in [6.07, 6.45) is 9.26. The van der Waals surface area contributed by atoms with E-state index in [1.807, 2.05) is 0 Å². The summed E-state index contributed by atoms with van der Waals surface area (Å²) in [6.45, 7) is 1.72. The normalized spacial score (nSPS) is 27.9. The third-order valence-electron chi connectivity index (χ3n) is 4.70. The average Bonchev–Trinajstić information content (AvgIpc) is 2.45. The smallest absolute Gasteiger partial charge is 0.140 e. The van der Waals surface area contributed by atoms with Crippen molar-refractivity contribution in [2.45, 2.75) is 63.0 Å². The molecule has 1 unspecified atom stereocenters. The van der Waals surface area contributed by atoms with Crippen molar-refractivity contribution in [1.82, 2.24) is 4.90 Å². The van der Waals surface area contributed by atoms with Crippen molar-refractivity contribution >= 4 is 5.84 Å². The fraction of sp³-hybridized carbons (Fsp3) is 0.929. The molecule has 1 saturated carbocycles. The molecule has 5 nitrogen and oxygen atoms in total. The topological polar surface area (TPSA) is 71.1 Å². The van der Waals surface area contributed by atoms with E-state index in [1.165, 1.54) is 32.1 Å². The Kier molecular flexibility index (Phi) is 5.05. The summed E-state index contributed by atoms with van der Waals surface area (Å²) in [4.78, 5) is 2.34. The third kappa shape index (κ3) is 3.83. The Morgan fingerprint density at radius 1 is 1.42 bits per heavy atom. The van der Waals surface area contributed by atoms with Crippen LogP contribution in [0, 0.1) is 0 Å². The van der Waals surface area contributed by atoms with Gasteiger partial charge in [-0.3, -0.25) is 0 Å². The zero-order chi connectivity index (χ0) is 13.7. The molecule has 0 aromatic rings. The Morgan fingerprint density at radius 2 is 2.16 bits per heavy atom. The SMILES string of the molecule is CN(CCC(N)=NO)C1CCOC2(CCCCC2)C1. The van der Waals surface area contributed by atoms with Gasteiger partial charge in [-0.1, -0.05) is 24.4 Å². The Bertz CT molecular complexity index is 308. The Hall–Kier alpha value is -0.810. The monoisotopic (exact) mass is 269 g/mol. The Labute approximate surface area is 115 Å². The number of nitrogens with two attached hydrogens (primary N) is 1. The number of nitrogens with zero attached hydrogens (tertiary/aromatic N) is 2. The molecule has 0 bridgehead atoms. The van der Waals surface area contributed by atoms with Crippen LogP contribution in [-0.2, 0) is 4.74 Å². The summed E-state index contributed by atoms with van der Waals surface area (Å²) in [5.74, 6) is 0.311. The highest BCUT2D eigenvalue weighted by atomic mass is 16.5. The number of amidine groups is 1. The van der Waals surface area contributed by atoms with Gasteiger partial charge in [0.05, 0.1) is 5.60 Å². The molecule has 1 aliphatic carbocycles. The zero-order valence-corrected chi connectivity index (χ0v) is 12.0. The molecule has 1 heterocycles. The van der Waals surface area contributed by atoms with Crippen molar-refractivity contribution in [3.8, 4) is 0 Å². The van der Waals surface area contributed by atoms with Crippen LogP contribution in [0.3, 0.4) is 0 Å². The molecule has 3 N–H and O–H groups in total. The van der Waals surface area contributed by atoms with E-state index in [9.17, 15) is 0 Å².